The Balaban J connectivity index is 5.25. The summed E-state index contributed by atoms with van der Waals surface area (Å²) in [6.45, 7) is 9.73. The van der Waals surface area contributed by atoms with E-state index in [1.165, 1.54) is 302 Å². The first-order chi connectivity index (χ1) is 52.9. The van der Waals surface area contributed by atoms with E-state index in [9.17, 15) is 43.2 Å². The Kier molecular flexibility index (Phi) is 79.8. The molecule has 0 bridgehead atoms. The standard InChI is InChI=1S/C90H176O17P2/c1-7-10-12-14-16-18-20-22-24-26-28-30-32-36-40-44-48-56-62-68-74-89(94)106-85(78-100-87(92)72-66-60-54-47-43-39-35-31-29-27-25-23-21-19-17-15-13-11-8-2)80-104-108(96,97)102-76-84(91)77-103-109(98,99)105-81-86(79-101-88(93)73-67-61-55-51-50-53-59-65-71-83(6)9-3)107-90(95)75-69-63-57-49-45-41-37-33-34-38-42-46-52-58-64-70-82(4)5/h82-86,91H,7-81H2,1-6H3,(H,96,97)(H,98,99)/t83?,84-,85-,86-/m1/s1. The molecule has 3 unspecified atom stereocenters. The van der Waals surface area contributed by atoms with Gasteiger partial charge in [-0.25, -0.2) is 9.13 Å². The second-order valence-electron chi connectivity index (χ2n) is 33.1. The number of aliphatic hydroxyl groups excluding tert-OH is 1. The summed E-state index contributed by atoms with van der Waals surface area (Å²) in [7, 11) is -9.94. The average molecular weight is 1590 g/mol. The summed E-state index contributed by atoms with van der Waals surface area (Å²) in [6, 6.07) is 0. The first-order valence-corrected chi connectivity index (χ1v) is 49.5. The molecule has 0 aliphatic rings. The van der Waals surface area contributed by atoms with Crippen LogP contribution in [0.4, 0.5) is 0 Å². The van der Waals surface area contributed by atoms with Crippen LogP contribution in [0, 0.1) is 11.8 Å². The van der Waals surface area contributed by atoms with Crippen LogP contribution < -0.4 is 0 Å². The van der Waals surface area contributed by atoms with Gasteiger partial charge in [-0.05, 0) is 37.5 Å². The molecule has 0 saturated heterocycles. The van der Waals surface area contributed by atoms with Gasteiger partial charge in [0.1, 0.15) is 19.3 Å². The van der Waals surface area contributed by atoms with Crippen molar-refractivity contribution >= 4 is 39.5 Å². The fourth-order valence-electron chi connectivity index (χ4n) is 14.1. The number of phosphoric acid groups is 2. The highest BCUT2D eigenvalue weighted by Gasteiger charge is 2.31. The Morgan fingerprint density at radius 2 is 0.468 bits per heavy atom. The number of unbranched alkanes of at least 4 members (excludes halogenated alkanes) is 58. The SMILES string of the molecule is CCCCCCCCCCCCCCCCCCCCCCC(=O)O[C@H](COC(=O)CCCCCCCCCCCCCCCCCCCCC)COP(=O)(O)OC[C@@H](O)COP(=O)(O)OC[C@@H](COC(=O)CCCCCCCCCCC(C)CC)OC(=O)CCCCCCCCCCCCCCCCCC(C)C. The molecule has 0 aromatic rings. The minimum absolute atomic E-state index is 0.108. The van der Waals surface area contributed by atoms with Gasteiger partial charge in [0.25, 0.3) is 0 Å². The molecule has 0 heterocycles. The van der Waals surface area contributed by atoms with Crippen LogP contribution in [0.3, 0.4) is 0 Å². The number of ether oxygens (including phenoxy) is 4. The van der Waals surface area contributed by atoms with Crippen molar-refractivity contribution in [1.29, 1.82) is 0 Å². The number of hydrogen-bond donors (Lipinski definition) is 3. The van der Waals surface area contributed by atoms with Crippen LogP contribution >= 0.6 is 15.6 Å². The number of carbonyl (C=O) groups is 4. The third-order valence-corrected chi connectivity index (χ3v) is 23.5. The molecule has 0 aliphatic heterocycles. The highest BCUT2D eigenvalue weighted by Crippen LogP contribution is 2.45. The smallest absolute Gasteiger partial charge is 0.462 e. The van der Waals surface area contributed by atoms with Crippen LogP contribution in [0.2, 0.25) is 0 Å². The van der Waals surface area contributed by atoms with Crippen molar-refractivity contribution in [3.63, 3.8) is 0 Å². The topological polar surface area (TPSA) is 237 Å². The van der Waals surface area contributed by atoms with Gasteiger partial charge in [0.2, 0.25) is 0 Å². The van der Waals surface area contributed by atoms with Crippen molar-refractivity contribution in [2.24, 2.45) is 11.8 Å². The maximum Gasteiger partial charge on any atom is 0.472 e. The van der Waals surface area contributed by atoms with Gasteiger partial charge in [0.05, 0.1) is 26.4 Å². The van der Waals surface area contributed by atoms with Crippen LogP contribution in [0.15, 0.2) is 0 Å². The fourth-order valence-corrected chi connectivity index (χ4v) is 15.7. The maximum atomic E-state index is 13.2. The van der Waals surface area contributed by atoms with Gasteiger partial charge < -0.3 is 33.8 Å². The lowest BCUT2D eigenvalue weighted by Gasteiger charge is -2.21. The molecule has 17 nitrogen and oxygen atoms in total. The number of hydrogen-bond acceptors (Lipinski definition) is 15. The lowest BCUT2D eigenvalue weighted by molar-refractivity contribution is -0.161. The molecule has 0 saturated carbocycles. The number of rotatable bonds is 89. The van der Waals surface area contributed by atoms with Crippen LogP contribution in [-0.2, 0) is 65.4 Å². The zero-order valence-corrected chi connectivity index (χ0v) is 73.7. The Labute approximate surface area is 670 Å². The summed E-state index contributed by atoms with van der Waals surface area (Å²) in [4.78, 5) is 73.4. The van der Waals surface area contributed by atoms with E-state index >= 15 is 0 Å². The largest absolute Gasteiger partial charge is 0.472 e. The zero-order valence-electron chi connectivity index (χ0n) is 71.9. The van der Waals surface area contributed by atoms with Crippen LogP contribution in [0.1, 0.15) is 485 Å². The highest BCUT2D eigenvalue weighted by atomic mass is 31.2. The van der Waals surface area contributed by atoms with Crippen LogP contribution in [0.25, 0.3) is 0 Å². The molecule has 3 N–H and O–H groups in total. The lowest BCUT2D eigenvalue weighted by Crippen LogP contribution is -2.30. The molecule has 0 spiro atoms. The monoisotopic (exact) mass is 1590 g/mol. The van der Waals surface area contributed by atoms with Gasteiger partial charge in [0.15, 0.2) is 12.2 Å². The predicted molar refractivity (Wildman–Crippen MR) is 451 cm³/mol. The quantitative estimate of drug-likeness (QED) is 0.0222. The molecule has 0 amide bonds. The van der Waals surface area contributed by atoms with Gasteiger partial charge in [-0.1, -0.05) is 433 Å². The minimum atomic E-state index is -4.97. The van der Waals surface area contributed by atoms with Crippen molar-refractivity contribution in [3.05, 3.63) is 0 Å². The first-order valence-electron chi connectivity index (χ1n) is 46.5. The van der Waals surface area contributed by atoms with Crippen molar-refractivity contribution in [2.45, 2.75) is 503 Å². The molecule has 648 valence electrons. The van der Waals surface area contributed by atoms with Crippen molar-refractivity contribution in [2.75, 3.05) is 39.6 Å². The maximum absolute atomic E-state index is 13.2. The van der Waals surface area contributed by atoms with Crippen molar-refractivity contribution in [3.8, 4) is 0 Å². The zero-order chi connectivity index (χ0) is 79.9. The number of phosphoric ester groups is 2. The Morgan fingerprint density at radius 3 is 0.697 bits per heavy atom. The second kappa shape index (κ2) is 81.2. The van der Waals surface area contributed by atoms with E-state index in [4.69, 9.17) is 37.0 Å². The molecule has 0 aromatic heterocycles. The van der Waals surface area contributed by atoms with E-state index in [0.717, 1.165) is 102 Å². The average Bonchev–Trinajstić information content (AvgIpc) is 0.899. The number of aliphatic hydroxyl groups is 1. The molecule has 0 fully saturated rings. The first kappa shape index (κ1) is 107. The van der Waals surface area contributed by atoms with Gasteiger partial charge >= 0.3 is 39.5 Å². The Morgan fingerprint density at radius 1 is 0.266 bits per heavy atom. The molecular formula is C90H176O17P2. The number of esters is 4. The molecule has 6 atom stereocenters. The Hall–Kier alpha value is -1.94. The van der Waals surface area contributed by atoms with Gasteiger partial charge in [-0.2, -0.15) is 0 Å². The van der Waals surface area contributed by atoms with Crippen molar-refractivity contribution in [1.82, 2.24) is 0 Å². The molecule has 0 aliphatic carbocycles. The molecular weight excluding hydrogens is 1410 g/mol. The van der Waals surface area contributed by atoms with E-state index in [1.54, 1.807) is 0 Å². The molecule has 109 heavy (non-hydrogen) atoms. The predicted octanol–water partition coefficient (Wildman–Crippen LogP) is 27.8. The van der Waals surface area contributed by atoms with Crippen LogP contribution in [0.5, 0.6) is 0 Å². The molecule has 0 radical (unpaired) electrons. The van der Waals surface area contributed by atoms with Gasteiger partial charge in [-0.15, -0.1) is 0 Å². The van der Waals surface area contributed by atoms with E-state index in [2.05, 4.69) is 41.5 Å². The summed E-state index contributed by atoms with van der Waals surface area (Å²) in [5, 5.41) is 10.7. The molecule has 0 aromatic carbocycles. The highest BCUT2D eigenvalue weighted by molar-refractivity contribution is 7.47. The van der Waals surface area contributed by atoms with Crippen LogP contribution in [-0.4, -0.2) is 96.7 Å². The number of carbonyl (C=O) groups excluding carboxylic acids is 4. The second-order valence-corrected chi connectivity index (χ2v) is 36.0. The van der Waals surface area contributed by atoms with E-state index < -0.39 is 97.5 Å². The fraction of sp³-hybridized carbons (Fsp3) is 0.956. The van der Waals surface area contributed by atoms with Gasteiger partial charge in [-0.3, -0.25) is 37.3 Å². The van der Waals surface area contributed by atoms with Gasteiger partial charge in [0, 0.05) is 25.7 Å². The molecule has 19 heteroatoms. The van der Waals surface area contributed by atoms with Crippen molar-refractivity contribution < 1.29 is 80.2 Å². The lowest BCUT2D eigenvalue weighted by atomic mass is 9.99. The summed E-state index contributed by atoms with van der Waals surface area (Å²) >= 11 is 0. The molecule has 0 rings (SSSR count). The summed E-state index contributed by atoms with van der Waals surface area (Å²) in [5.41, 5.74) is 0. The minimum Gasteiger partial charge on any atom is -0.462 e. The third-order valence-electron chi connectivity index (χ3n) is 21.6. The third kappa shape index (κ3) is 82.4. The summed E-state index contributed by atoms with van der Waals surface area (Å²) in [6.07, 6.45) is 75.0. The van der Waals surface area contributed by atoms with E-state index in [0.29, 0.717) is 25.7 Å². The normalized spacial score (nSPS) is 14.0. The van der Waals surface area contributed by atoms with E-state index in [-0.39, 0.29) is 25.7 Å². The summed E-state index contributed by atoms with van der Waals surface area (Å²) < 4.78 is 69.1. The summed E-state index contributed by atoms with van der Waals surface area (Å²) in [5.74, 6) is -0.517. The Bertz CT molecular complexity index is 2080. The van der Waals surface area contributed by atoms with E-state index in [1.807, 2.05) is 0 Å².